The molecule has 1 aliphatic heterocycles. The standard InChI is InChI=1S/C18H21N3O2/c22-18(23)7-4-9-21-10-8-16-15(13-21)12-19-17(20-16)11-14-5-2-1-3-6-14/h1-3,5-6,12H,4,7-11,13H2,(H,22,23). The normalized spacial score (nSPS) is 14.4. The number of fused-ring (bicyclic) bond motifs is 1. The van der Waals surface area contributed by atoms with Crippen molar-refractivity contribution in [2.24, 2.45) is 0 Å². The minimum absolute atomic E-state index is 0.232. The molecule has 0 spiro atoms. The van der Waals surface area contributed by atoms with Crippen molar-refractivity contribution in [3.05, 3.63) is 59.2 Å². The van der Waals surface area contributed by atoms with Crippen molar-refractivity contribution in [2.45, 2.75) is 32.2 Å². The number of carbonyl (C=O) groups is 1. The topological polar surface area (TPSA) is 66.3 Å². The third-order valence-electron chi connectivity index (χ3n) is 4.13. The Hall–Kier alpha value is -2.27. The molecule has 5 heteroatoms. The molecule has 0 unspecified atom stereocenters. The van der Waals surface area contributed by atoms with Gasteiger partial charge in [0.05, 0.1) is 0 Å². The number of aliphatic carboxylic acids is 1. The van der Waals surface area contributed by atoms with Gasteiger partial charge < -0.3 is 5.11 Å². The summed E-state index contributed by atoms with van der Waals surface area (Å²) in [6.07, 6.45) is 4.53. The third-order valence-corrected chi connectivity index (χ3v) is 4.13. The summed E-state index contributed by atoms with van der Waals surface area (Å²) in [5.74, 6) is 0.144. The Morgan fingerprint density at radius 2 is 2.09 bits per heavy atom. The molecule has 0 saturated heterocycles. The summed E-state index contributed by atoms with van der Waals surface area (Å²) in [5, 5.41) is 8.71. The van der Waals surface area contributed by atoms with Crippen LogP contribution in [-0.2, 0) is 24.2 Å². The van der Waals surface area contributed by atoms with Crippen LogP contribution in [0.1, 0.15) is 35.5 Å². The molecule has 1 aromatic heterocycles. The molecule has 0 radical (unpaired) electrons. The molecule has 0 saturated carbocycles. The zero-order valence-corrected chi connectivity index (χ0v) is 13.1. The predicted octanol–water partition coefficient (Wildman–Crippen LogP) is 2.29. The van der Waals surface area contributed by atoms with Gasteiger partial charge in [0.1, 0.15) is 5.82 Å². The van der Waals surface area contributed by atoms with E-state index >= 15 is 0 Å². The molecule has 23 heavy (non-hydrogen) atoms. The highest BCUT2D eigenvalue weighted by Gasteiger charge is 2.18. The Bertz CT molecular complexity index is 673. The minimum atomic E-state index is -0.726. The first kappa shape index (κ1) is 15.6. The lowest BCUT2D eigenvalue weighted by Gasteiger charge is -2.27. The molecule has 1 N–H and O–H groups in total. The van der Waals surface area contributed by atoms with E-state index in [2.05, 4.69) is 22.0 Å². The minimum Gasteiger partial charge on any atom is -0.481 e. The van der Waals surface area contributed by atoms with Crippen molar-refractivity contribution in [1.29, 1.82) is 0 Å². The number of nitrogens with zero attached hydrogens (tertiary/aromatic N) is 3. The highest BCUT2D eigenvalue weighted by atomic mass is 16.4. The molecule has 5 nitrogen and oxygen atoms in total. The predicted molar refractivity (Wildman–Crippen MR) is 87.1 cm³/mol. The summed E-state index contributed by atoms with van der Waals surface area (Å²) >= 11 is 0. The molecule has 0 amide bonds. The van der Waals surface area contributed by atoms with Gasteiger partial charge in [0, 0.05) is 49.8 Å². The van der Waals surface area contributed by atoms with Crippen molar-refractivity contribution in [2.75, 3.05) is 13.1 Å². The van der Waals surface area contributed by atoms with E-state index in [4.69, 9.17) is 10.1 Å². The van der Waals surface area contributed by atoms with Gasteiger partial charge in [-0.3, -0.25) is 9.69 Å². The Morgan fingerprint density at radius 3 is 2.87 bits per heavy atom. The van der Waals surface area contributed by atoms with Crippen LogP contribution in [0.15, 0.2) is 36.5 Å². The number of carboxylic acids is 1. The number of benzene rings is 1. The lowest BCUT2D eigenvalue weighted by atomic mass is 10.1. The number of hydrogen-bond donors (Lipinski definition) is 1. The van der Waals surface area contributed by atoms with E-state index in [-0.39, 0.29) is 6.42 Å². The fourth-order valence-electron chi connectivity index (χ4n) is 2.92. The maximum atomic E-state index is 10.6. The zero-order chi connectivity index (χ0) is 16.1. The maximum Gasteiger partial charge on any atom is 0.303 e. The molecule has 120 valence electrons. The molecule has 0 fully saturated rings. The van der Waals surface area contributed by atoms with Crippen LogP contribution in [0.2, 0.25) is 0 Å². The van der Waals surface area contributed by atoms with Gasteiger partial charge in [-0.25, -0.2) is 9.97 Å². The van der Waals surface area contributed by atoms with Crippen LogP contribution in [0.3, 0.4) is 0 Å². The highest BCUT2D eigenvalue weighted by Crippen LogP contribution is 2.17. The molecular formula is C18H21N3O2. The van der Waals surface area contributed by atoms with Gasteiger partial charge in [0.25, 0.3) is 0 Å². The lowest BCUT2D eigenvalue weighted by Crippen LogP contribution is -2.32. The second-order valence-corrected chi connectivity index (χ2v) is 5.94. The Labute approximate surface area is 136 Å². The van der Waals surface area contributed by atoms with E-state index in [0.29, 0.717) is 6.42 Å². The average molecular weight is 311 g/mol. The Kier molecular flexibility index (Phi) is 4.98. The first-order valence-electron chi connectivity index (χ1n) is 8.02. The van der Waals surface area contributed by atoms with Crippen LogP contribution < -0.4 is 0 Å². The van der Waals surface area contributed by atoms with Gasteiger partial charge in [-0.05, 0) is 18.5 Å². The van der Waals surface area contributed by atoms with E-state index in [1.54, 1.807) is 0 Å². The van der Waals surface area contributed by atoms with E-state index < -0.39 is 5.97 Å². The van der Waals surface area contributed by atoms with Crippen molar-refractivity contribution in [3.63, 3.8) is 0 Å². The fraction of sp³-hybridized carbons (Fsp3) is 0.389. The van der Waals surface area contributed by atoms with Crippen molar-refractivity contribution >= 4 is 5.97 Å². The molecule has 0 bridgehead atoms. The van der Waals surface area contributed by atoms with E-state index in [1.165, 1.54) is 11.1 Å². The van der Waals surface area contributed by atoms with Crippen LogP contribution in [0, 0.1) is 0 Å². The van der Waals surface area contributed by atoms with E-state index in [9.17, 15) is 4.79 Å². The lowest BCUT2D eigenvalue weighted by molar-refractivity contribution is -0.137. The first-order valence-corrected chi connectivity index (χ1v) is 8.02. The Balaban J connectivity index is 1.61. The SMILES string of the molecule is O=C(O)CCCN1CCc2nc(Cc3ccccc3)ncc2C1. The average Bonchev–Trinajstić information content (AvgIpc) is 2.55. The molecular weight excluding hydrogens is 290 g/mol. The monoisotopic (exact) mass is 311 g/mol. The summed E-state index contributed by atoms with van der Waals surface area (Å²) < 4.78 is 0. The number of carboxylic acid groups (broad SMARTS) is 1. The second-order valence-electron chi connectivity index (χ2n) is 5.94. The number of rotatable bonds is 6. The van der Waals surface area contributed by atoms with Crippen LogP contribution in [0.5, 0.6) is 0 Å². The van der Waals surface area contributed by atoms with Crippen LogP contribution in [-0.4, -0.2) is 39.0 Å². The van der Waals surface area contributed by atoms with Crippen LogP contribution >= 0.6 is 0 Å². The summed E-state index contributed by atoms with van der Waals surface area (Å²) in [6, 6.07) is 10.3. The molecule has 2 aromatic rings. The molecule has 1 aliphatic rings. The largest absolute Gasteiger partial charge is 0.481 e. The van der Waals surface area contributed by atoms with Gasteiger partial charge in [0.15, 0.2) is 0 Å². The van der Waals surface area contributed by atoms with Gasteiger partial charge in [0.2, 0.25) is 0 Å². The second kappa shape index (κ2) is 7.33. The van der Waals surface area contributed by atoms with Gasteiger partial charge in [-0.2, -0.15) is 0 Å². The summed E-state index contributed by atoms with van der Waals surface area (Å²) in [5.41, 5.74) is 3.53. The first-order chi connectivity index (χ1) is 11.2. The van der Waals surface area contributed by atoms with Gasteiger partial charge in [-0.15, -0.1) is 0 Å². The molecule has 0 atom stereocenters. The van der Waals surface area contributed by atoms with E-state index in [0.717, 1.165) is 44.0 Å². The summed E-state index contributed by atoms with van der Waals surface area (Å²) in [7, 11) is 0. The van der Waals surface area contributed by atoms with Crippen molar-refractivity contribution < 1.29 is 9.90 Å². The van der Waals surface area contributed by atoms with E-state index in [1.807, 2.05) is 24.4 Å². The molecule has 3 rings (SSSR count). The molecule has 0 aliphatic carbocycles. The van der Waals surface area contributed by atoms with Crippen LogP contribution in [0.25, 0.3) is 0 Å². The highest BCUT2D eigenvalue weighted by molar-refractivity contribution is 5.66. The summed E-state index contributed by atoms with van der Waals surface area (Å²) in [6.45, 7) is 2.58. The smallest absolute Gasteiger partial charge is 0.303 e. The molecule has 1 aromatic carbocycles. The zero-order valence-electron chi connectivity index (χ0n) is 13.1. The van der Waals surface area contributed by atoms with Crippen molar-refractivity contribution in [1.82, 2.24) is 14.9 Å². The van der Waals surface area contributed by atoms with Crippen molar-refractivity contribution in [3.8, 4) is 0 Å². The number of hydrogen-bond acceptors (Lipinski definition) is 4. The fourth-order valence-corrected chi connectivity index (χ4v) is 2.92. The number of aromatic nitrogens is 2. The molecule has 2 heterocycles. The quantitative estimate of drug-likeness (QED) is 0.886. The third kappa shape index (κ3) is 4.36. The van der Waals surface area contributed by atoms with Gasteiger partial charge >= 0.3 is 5.97 Å². The van der Waals surface area contributed by atoms with Crippen LogP contribution in [0.4, 0.5) is 0 Å². The maximum absolute atomic E-state index is 10.6. The Morgan fingerprint density at radius 1 is 1.26 bits per heavy atom. The van der Waals surface area contributed by atoms with Gasteiger partial charge in [-0.1, -0.05) is 30.3 Å². The summed E-state index contributed by atoms with van der Waals surface area (Å²) in [4.78, 5) is 22.1.